The van der Waals surface area contributed by atoms with E-state index in [1.54, 1.807) is 0 Å². The molecule has 1 aromatic rings. The van der Waals surface area contributed by atoms with Gasteiger partial charge in [0.05, 0.1) is 12.6 Å². The van der Waals surface area contributed by atoms with Crippen molar-refractivity contribution in [3.05, 3.63) is 29.8 Å². The number of hydrogen-bond acceptors (Lipinski definition) is 4. The zero-order valence-corrected chi connectivity index (χ0v) is 12.3. The SMILES string of the molecule is CC(C)Oc1ccc(C(=O)CNCCN(C)C)cc1. The van der Waals surface area contributed by atoms with E-state index in [1.165, 1.54) is 0 Å². The monoisotopic (exact) mass is 264 g/mol. The van der Waals surface area contributed by atoms with Gasteiger partial charge in [-0.2, -0.15) is 0 Å². The molecular weight excluding hydrogens is 240 g/mol. The average Bonchev–Trinajstić information content (AvgIpc) is 2.34. The molecule has 19 heavy (non-hydrogen) atoms. The van der Waals surface area contributed by atoms with Crippen molar-refractivity contribution >= 4 is 5.78 Å². The number of likely N-dealkylation sites (N-methyl/N-ethyl adjacent to an activating group) is 1. The first-order valence-corrected chi connectivity index (χ1v) is 6.64. The normalized spacial score (nSPS) is 11.1. The Morgan fingerprint density at radius 2 is 1.89 bits per heavy atom. The molecule has 0 saturated carbocycles. The molecule has 0 spiro atoms. The first-order valence-electron chi connectivity index (χ1n) is 6.64. The van der Waals surface area contributed by atoms with Crippen LogP contribution in [0.3, 0.4) is 0 Å². The molecule has 0 aliphatic heterocycles. The highest BCUT2D eigenvalue weighted by Gasteiger charge is 2.06. The predicted octanol–water partition coefficient (Wildman–Crippen LogP) is 1.81. The summed E-state index contributed by atoms with van der Waals surface area (Å²) in [6.07, 6.45) is 0.147. The Balaban J connectivity index is 2.40. The maximum atomic E-state index is 11.9. The summed E-state index contributed by atoms with van der Waals surface area (Å²) >= 11 is 0. The second kappa shape index (κ2) is 7.92. The van der Waals surface area contributed by atoms with E-state index in [1.807, 2.05) is 52.2 Å². The van der Waals surface area contributed by atoms with Gasteiger partial charge >= 0.3 is 0 Å². The second-order valence-electron chi connectivity index (χ2n) is 5.09. The third-order valence-electron chi connectivity index (χ3n) is 2.57. The van der Waals surface area contributed by atoms with E-state index in [0.717, 1.165) is 18.8 Å². The van der Waals surface area contributed by atoms with Crippen molar-refractivity contribution in [2.45, 2.75) is 20.0 Å². The molecule has 0 saturated heterocycles. The quantitative estimate of drug-likeness (QED) is 0.574. The van der Waals surface area contributed by atoms with Gasteiger partial charge in [-0.25, -0.2) is 0 Å². The number of ether oxygens (including phenoxy) is 1. The molecule has 0 radical (unpaired) electrons. The second-order valence-corrected chi connectivity index (χ2v) is 5.09. The number of carbonyl (C=O) groups is 1. The van der Waals surface area contributed by atoms with E-state index in [-0.39, 0.29) is 11.9 Å². The molecule has 0 unspecified atom stereocenters. The first kappa shape index (κ1) is 15.7. The largest absolute Gasteiger partial charge is 0.491 e. The molecule has 4 nitrogen and oxygen atoms in total. The summed E-state index contributed by atoms with van der Waals surface area (Å²) in [4.78, 5) is 14.0. The zero-order chi connectivity index (χ0) is 14.3. The summed E-state index contributed by atoms with van der Waals surface area (Å²) in [5, 5.41) is 3.14. The van der Waals surface area contributed by atoms with Gasteiger partial charge in [0.2, 0.25) is 0 Å². The van der Waals surface area contributed by atoms with E-state index in [2.05, 4.69) is 10.2 Å². The maximum Gasteiger partial charge on any atom is 0.176 e. The van der Waals surface area contributed by atoms with Crippen LogP contribution in [0.5, 0.6) is 5.75 Å². The molecule has 4 heteroatoms. The van der Waals surface area contributed by atoms with Gasteiger partial charge in [0.15, 0.2) is 5.78 Å². The Morgan fingerprint density at radius 1 is 1.26 bits per heavy atom. The van der Waals surface area contributed by atoms with Crippen molar-refractivity contribution in [1.82, 2.24) is 10.2 Å². The van der Waals surface area contributed by atoms with Crippen LogP contribution in [0.25, 0.3) is 0 Å². The van der Waals surface area contributed by atoms with Crippen LogP contribution in [0, 0.1) is 0 Å². The topological polar surface area (TPSA) is 41.6 Å². The molecule has 0 aliphatic carbocycles. The number of nitrogens with zero attached hydrogens (tertiary/aromatic N) is 1. The van der Waals surface area contributed by atoms with Gasteiger partial charge in [-0.15, -0.1) is 0 Å². The molecule has 1 rings (SSSR count). The third-order valence-corrected chi connectivity index (χ3v) is 2.57. The van der Waals surface area contributed by atoms with Crippen molar-refractivity contribution in [3.8, 4) is 5.75 Å². The molecule has 0 amide bonds. The first-order chi connectivity index (χ1) is 8.99. The van der Waals surface area contributed by atoms with Crippen LogP contribution in [0.1, 0.15) is 24.2 Å². The Kier molecular flexibility index (Phi) is 6.53. The minimum absolute atomic E-state index is 0.106. The van der Waals surface area contributed by atoms with Crippen LogP contribution in [0.4, 0.5) is 0 Å². The van der Waals surface area contributed by atoms with Gasteiger partial charge < -0.3 is 15.0 Å². The number of carbonyl (C=O) groups excluding carboxylic acids is 1. The van der Waals surface area contributed by atoms with E-state index in [9.17, 15) is 4.79 Å². The highest BCUT2D eigenvalue weighted by Crippen LogP contribution is 2.13. The molecule has 0 heterocycles. The fourth-order valence-corrected chi connectivity index (χ4v) is 1.60. The summed E-state index contributed by atoms with van der Waals surface area (Å²) in [7, 11) is 4.02. The van der Waals surface area contributed by atoms with Crippen LogP contribution < -0.4 is 10.1 Å². The molecule has 0 atom stereocenters. The minimum atomic E-state index is 0.106. The number of benzene rings is 1. The number of nitrogens with one attached hydrogen (secondary N) is 1. The lowest BCUT2D eigenvalue weighted by molar-refractivity contribution is 0.0990. The lowest BCUT2D eigenvalue weighted by atomic mass is 10.1. The summed E-state index contributed by atoms with van der Waals surface area (Å²) in [5.41, 5.74) is 0.716. The number of hydrogen-bond donors (Lipinski definition) is 1. The Labute approximate surface area is 115 Å². The highest BCUT2D eigenvalue weighted by atomic mass is 16.5. The summed E-state index contributed by atoms with van der Waals surface area (Å²) in [6.45, 7) is 6.07. The number of Topliss-reactive ketones (excluding diaryl/α,β-unsaturated/α-hetero) is 1. The lowest BCUT2D eigenvalue weighted by Crippen LogP contribution is -2.30. The van der Waals surface area contributed by atoms with Crippen LogP contribution >= 0.6 is 0 Å². The standard InChI is InChI=1S/C15H24N2O2/c1-12(2)19-14-7-5-13(6-8-14)15(18)11-16-9-10-17(3)4/h5-8,12,16H,9-11H2,1-4H3. The van der Waals surface area contributed by atoms with Crippen molar-refractivity contribution in [2.24, 2.45) is 0 Å². The van der Waals surface area contributed by atoms with Gasteiger partial charge in [0.25, 0.3) is 0 Å². The molecule has 106 valence electrons. The van der Waals surface area contributed by atoms with Crippen LogP contribution in [0.15, 0.2) is 24.3 Å². The van der Waals surface area contributed by atoms with Crippen molar-refractivity contribution in [2.75, 3.05) is 33.7 Å². The van der Waals surface area contributed by atoms with Gasteiger partial charge in [-0.3, -0.25) is 4.79 Å². The van der Waals surface area contributed by atoms with Crippen molar-refractivity contribution < 1.29 is 9.53 Å². The summed E-state index contributed by atoms with van der Waals surface area (Å²) in [5.74, 6) is 0.905. The minimum Gasteiger partial charge on any atom is -0.491 e. The highest BCUT2D eigenvalue weighted by molar-refractivity contribution is 5.97. The number of rotatable bonds is 8. The summed E-state index contributed by atoms with van der Waals surface area (Å²) in [6, 6.07) is 7.31. The Hall–Kier alpha value is -1.39. The zero-order valence-electron chi connectivity index (χ0n) is 12.3. The molecular formula is C15H24N2O2. The Bertz CT molecular complexity index is 386. The van der Waals surface area contributed by atoms with Crippen LogP contribution in [-0.4, -0.2) is 50.5 Å². The van der Waals surface area contributed by atoms with Crippen molar-refractivity contribution in [3.63, 3.8) is 0 Å². The third kappa shape index (κ3) is 6.36. The molecule has 1 aromatic carbocycles. The van der Waals surface area contributed by atoms with E-state index in [0.29, 0.717) is 12.1 Å². The molecule has 0 bridgehead atoms. The van der Waals surface area contributed by atoms with Crippen LogP contribution in [-0.2, 0) is 0 Å². The lowest BCUT2D eigenvalue weighted by Gasteiger charge is -2.11. The van der Waals surface area contributed by atoms with Gasteiger partial charge in [0.1, 0.15) is 5.75 Å². The molecule has 1 N–H and O–H groups in total. The predicted molar refractivity (Wildman–Crippen MR) is 78.0 cm³/mol. The summed E-state index contributed by atoms with van der Waals surface area (Å²) < 4.78 is 5.54. The molecule has 0 aromatic heterocycles. The Morgan fingerprint density at radius 3 is 2.42 bits per heavy atom. The van der Waals surface area contributed by atoms with E-state index >= 15 is 0 Å². The van der Waals surface area contributed by atoms with Gasteiger partial charge in [0, 0.05) is 18.7 Å². The molecule has 0 aliphatic rings. The fraction of sp³-hybridized carbons (Fsp3) is 0.533. The fourth-order valence-electron chi connectivity index (χ4n) is 1.60. The van der Waals surface area contributed by atoms with Crippen LogP contribution in [0.2, 0.25) is 0 Å². The van der Waals surface area contributed by atoms with Crippen molar-refractivity contribution in [1.29, 1.82) is 0 Å². The van der Waals surface area contributed by atoms with E-state index < -0.39 is 0 Å². The smallest absolute Gasteiger partial charge is 0.176 e. The maximum absolute atomic E-state index is 11.9. The number of ketones is 1. The molecule has 0 fully saturated rings. The van der Waals surface area contributed by atoms with Gasteiger partial charge in [-0.05, 0) is 52.2 Å². The average molecular weight is 264 g/mol. The van der Waals surface area contributed by atoms with E-state index in [4.69, 9.17) is 4.74 Å². The van der Waals surface area contributed by atoms with Gasteiger partial charge in [-0.1, -0.05) is 0 Å².